The number of halogens is 1. The average molecular weight is 505 g/mol. The number of likely N-dealkylation sites (N-methyl/N-ethyl adjacent to an activating group) is 1. The molecule has 0 aromatic heterocycles. The number of amides is 1. The third kappa shape index (κ3) is 3.71. The Hall–Kier alpha value is -2.13. The largest absolute Gasteiger partial charge is 0.492 e. The summed E-state index contributed by atoms with van der Waals surface area (Å²) in [4.78, 5) is 17.2. The molecule has 2 saturated heterocycles. The van der Waals surface area contributed by atoms with Crippen LogP contribution >= 0.6 is 11.6 Å². The van der Waals surface area contributed by atoms with Crippen molar-refractivity contribution in [3.63, 3.8) is 0 Å². The quantitative estimate of drug-likeness (QED) is 0.602. The van der Waals surface area contributed by atoms with Crippen molar-refractivity contribution in [3.05, 3.63) is 58.6 Å². The maximum atomic E-state index is 13.1. The number of hydrogen-bond donors (Lipinski definition) is 0. The molecule has 182 valence electrons. The van der Waals surface area contributed by atoms with Gasteiger partial charge in [0.05, 0.1) is 18.6 Å². The van der Waals surface area contributed by atoms with Crippen molar-refractivity contribution < 1.29 is 22.7 Å². The highest BCUT2D eigenvalue weighted by Gasteiger charge is 2.51. The lowest BCUT2D eigenvalue weighted by molar-refractivity contribution is -0.124. The molecule has 0 unspecified atom stereocenters. The van der Waals surface area contributed by atoms with Crippen LogP contribution in [0.3, 0.4) is 0 Å². The molecule has 2 aromatic carbocycles. The molecule has 0 radical (unpaired) electrons. The van der Waals surface area contributed by atoms with Crippen molar-refractivity contribution in [1.82, 2.24) is 4.90 Å². The van der Waals surface area contributed by atoms with Crippen LogP contribution in [0.15, 0.2) is 42.5 Å². The van der Waals surface area contributed by atoms with Gasteiger partial charge >= 0.3 is 0 Å². The summed E-state index contributed by atoms with van der Waals surface area (Å²) in [5.41, 5.74) is 2.26. The Morgan fingerprint density at radius 1 is 1.09 bits per heavy atom. The fourth-order valence-electron chi connectivity index (χ4n) is 5.40. The van der Waals surface area contributed by atoms with Gasteiger partial charge in [0.15, 0.2) is 9.84 Å². The van der Waals surface area contributed by atoms with E-state index in [0.717, 1.165) is 49.3 Å². The van der Waals surface area contributed by atoms with Gasteiger partial charge in [-0.05, 0) is 67.4 Å². The van der Waals surface area contributed by atoms with Crippen LogP contribution in [0.25, 0.3) is 0 Å². The van der Waals surface area contributed by atoms with E-state index in [4.69, 9.17) is 21.1 Å². The molecule has 0 atom stereocenters. The first-order chi connectivity index (χ1) is 16.2. The van der Waals surface area contributed by atoms with E-state index >= 15 is 0 Å². The number of sulfone groups is 1. The lowest BCUT2D eigenvalue weighted by Crippen LogP contribution is -2.52. The normalized spacial score (nSPS) is 21.4. The monoisotopic (exact) mass is 504 g/mol. The molecule has 0 saturated carbocycles. The Morgan fingerprint density at radius 2 is 1.76 bits per heavy atom. The molecule has 1 amide bonds. The number of likely N-dealkylation sites (tertiary alicyclic amines) is 1. The van der Waals surface area contributed by atoms with E-state index in [-0.39, 0.29) is 19.1 Å². The minimum Gasteiger partial charge on any atom is -0.492 e. The number of ether oxygens (including phenoxy) is 2. The van der Waals surface area contributed by atoms with Crippen LogP contribution in [-0.2, 0) is 29.5 Å². The highest BCUT2D eigenvalue weighted by Crippen LogP contribution is 2.48. The van der Waals surface area contributed by atoms with Gasteiger partial charge in [0, 0.05) is 30.6 Å². The second kappa shape index (κ2) is 8.52. The number of piperidine rings is 1. The van der Waals surface area contributed by atoms with Gasteiger partial charge in [0.1, 0.15) is 17.1 Å². The van der Waals surface area contributed by atoms with E-state index in [0.29, 0.717) is 17.4 Å². The van der Waals surface area contributed by atoms with E-state index in [9.17, 15) is 13.2 Å². The van der Waals surface area contributed by atoms with Gasteiger partial charge in [-0.15, -0.1) is 0 Å². The second-order valence-corrected chi connectivity index (χ2v) is 12.3. The minimum atomic E-state index is -3.27. The summed E-state index contributed by atoms with van der Waals surface area (Å²) < 4.78 is 34.7. The minimum absolute atomic E-state index is 0.157. The first kappa shape index (κ1) is 23.6. The Balaban J connectivity index is 1.17. The second-order valence-electron chi connectivity index (χ2n) is 9.58. The van der Waals surface area contributed by atoms with Crippen LogP contribution in [0.4, 0.5) is 5.69 Å². The first-order valence-electron chi connectivity index (χ1n) is 11.5. The van der Waals surface area contributed by atoms with Crippen molar-refractivity contribution >= 4 is 33.0 Å². The van der Waals surface area contributed by atoms with Crippen LogP contribution in [0.1, 0.15) is 24.0 Å². The highest BCUT2D eigenvalue weighted by atomic mass is 35.5. The van der Waals surface area contributed by atoms with Gasteiger partial charge < -0.3 is 14.4 Å². The Kier molecular flexibility index (Phi) is 5.91. The molecule has 7 nitrogen and oxygen atoms in total. The van der Waals surface area contributed by atoms with Gasteiger partial charge in [0.2, 0.25) is 5.91 Å². The molecule has 2 fully saturated rings. The predicted octanol–water partition coefficient (Wildman–Crippen LogP) is 3.00. The summed E-state index contributed by atoms with van der Waals surface area (Å²) in [6.45, 7) is 3.28. The third-order valence-electron chi connectivity index (χ3n) is 7.70. The number of rotatable bonds is 6. The van der Waals surface area contributed by atoms with E-state index in [2.05, 4.69) is 4.90 Å². The van der Waals surface area contributed by atoms with Gasteiger partial charge in [-0.25, -0.2) is 8.42 Å². The van der Waals surface area contributed by atoms with Crippen molar-refractivity contribution in [2.75, 3.05) is 57.7 Å². The van der Waals surface area contributed by atoms with Gasteiger partial charge in [0.25, 0.3) is 0 Å². The number of nitrogens with zero attached hydrogens (tertiary/aromatic N) is 2. The molecular weight excluding hydrogens is 476 g/mol. The zero-order valence-corrected chi connectivity index (χ0v) is 21.0. The highest BCUT2D eigenvalue weighted by molar-refractivity contribution is 7.91. The zero-order valence-electron chi connectivity index (χ0n) is 19.4. The van der Waals surface area contributed by atoms with Crippen LogP contribution in [0.2, 0.25) is 5.02 Å². The molecule has 0 bridgehead atoms. The number of carbonyl (C=O) groups is 1. The Labute approximate surface area is 205 Å². The molecule has 3 aliphatic rings. The third-order valence-corrected chi connectivity index (χ3v) is 9.82. The summed E-state index contributed by atoms with van der Waals surface area (Å²) in [6, 6.07) is 13.0. The molecular formula is C25H29ClN2O5S. The molecule has 0 aliphatic carbocycles. The smallest absolute Gasteiger partial charge is 0.237 e. The van der Waals surface area contributed by atoms with Crippen molar-refractivity contribution in [3.8, 4) is 5.75 Å². The van der Waals surface area contributed by atoms with Gasteiger partial charge in [-0.3, -0.25) is 9.69 Å². The number of fused-ring (bicyclic) bond motifs is 2. The van der Waals surface area contributed by atoms with E-state index in [1.807, 2.05) is 49.5 Å². The molecule has 3 heterocycles. The molecule has 34 heavy (non-hydrogen) atoms. The number of hydrogen-bond acceptors (Lipinski definition) is 6. The standard InChI is InChI=1S/C25H29ClN2O5S/c1-27-22-8-5-19(26)15-21(22)24(23(27)29)9-11-28(12-10-24)13-14-33-20-6-3-18(4-7-20)25(16-32-17-25)34(2,30)31/h3-8,15H,9-14,16-17H2,1-2H3. The van der Waals surface area contributed by atoms with Crippen LogP contribution in [0.5, 0.6) is 5.75 Å². The SMILES string of the molecule is CN1C(=O)C2(CCN(CCOc3ccc(C4(S(C)(=O)=O)COC4)cc3)CC2)c2cc(Cl)ccc21. The molecule has 2 aromatic rings. The number of anilines is 1. The van der Waals surface area contributed by atoms with Crippen molar-refractivity contribution in [2.24, 2.45) is 0 Å². The molecule has 5 rings (SSSR count). The molecule has 3 aliphatic heterocycles. The summed E-state index contributed by atoms with van der Waals surface area (Å²) in [5, 5.41) is 0.662. The Morgan fingerprint density at radius 3 is 2.35 bits per heavy atom. The maximum absolute atomic E-state index is 13.1. The summed E-state index contributed by atoms with van der Waals surface area (Å²) in [7, 11) is -1.43. The van der Waals surface area contributed by atoms with E-state index in [1.54, 1.807) is 4.90 Å². The zero-order chi connectivity index (χ0) is 24.1. The van der Waals surface area contributed by atoms with Crippen molar-refractivity contribution in [1.29, 1.82) is 0 Å². The fraction of sp³-hybridized carbons (Fsp3) is 0.480. The summed E-state index contributed by atoms with van der Waals surface area (Å²) >= 11 is 6.25. The number of benzene rings is 2. The topological polar surface area (TPSA) is 76.2 Å². The van der Waals surface area contributed by atoms with Crippen LogP contribution < -0.4 is 9.64 Å². The van der Waals surface area contributed by atoms with Crippen LogP contribution in [0, 0.1) is 0 Å². The van der Waals surface area contributed by atoms with Crippen LogP contribution in [-0.4, -0.2) is 72.0 Å². The average Bonchev–Trinajstić information content (AvgIpc) is 2.96. The summed E-state index contributed by atoms with van der Waals surface area (Å²) in [6.07, 6.45) is 2.77. The lowest BCUT2D eigenvalue weighted by Gasteiger charge is -2.40. The lowest BCUT2D eigenvalue weighted by atomic mass is 9.73. The molecule has 9 heteroatoms. The Bertz CT molecular complexity index is 1200. The summed E-state index contributed by atoms with van der Waals surface area (Å²) in [5.74, 6) is 0.863. The van der Waals surface area contributed by atoms with Gasteiger partial charge in [-0.2, -0.15) is 0 Å². The molecule has 1 spiro atoms. The number of carbonyl (C=O) groups excluding carboxylic acids is 1. The van der Waals surface area contributed by atoms with Crippen molar-refractivity contribution in [2.45, 2.75) is 23.0 Å². The maximum Gasteiger partial charge on any atom is 0.237 e. The van der Waals surface area contributed by atoms with Gasteiger partial charge in [-0.1, -0.05) is 23.7 Å². The first-order valence-corrected chi connectivity index (χ1v) is 13.7. The fourth-order valence-corrected chi connectivity index (χ4v) is 6.73. The van der Waals surface area contributed by atoms with E-state index in [1.165, 1.54) is 6.26 Å². The van der Waals surface area contributed by atoms with E-state index < -0.39 is 20.0 Å². The predicted molar refractivity (Wildman–Crippen MR) is 131 cm³/mol. The molecule has 0 N–H and O–H groups in total.